The normalized spacial score (nSPS) is 13.1. The van der Waals surface area contributed by atoms with Crippen molar-refractivity contribution in [1.29, 1.82) is 0 Å². The lowest BCUT2D eigenvalue weighted by molar-refractivity contribution is 0.470. The summed E-state index contributed by atoms with van der Waals surface area (Å²) >= 11 is 1.70. The lowest BCUT2D eigenvalue weighted by Gasteiger charge is -2.13. The minimum Gasteiger partial charge on any atom is -0.271 e. The molecule has 0 fully saturated rings. The number of hydrogen-bond donors (Lipinski definition) is 2. The first-order valence-electron chi connectivity index (χ1n) is 5.13. The lowest BCUT2D eigenvalue weighted by atomic mass is 10.1. The molecule has 0 aliphatic carbocycles. The second kappa shape index (κ2) is 6.11. The molecule has 0 saturated heterocycles. The molecular weight excluding hydrogens is 194 g/mol. The summed E-state index contributed by atoms with van der Waals surface area (Å²) in [6.07, 6.45) is 4.51. The Kier molecular flexibility index (Phi) is 5.07. The first-order valence-corrected chi connectivity index (χ1v) is 6.01. The minimum absolute atomic E-state index is 0.372. The van der Waals surface area contributed by atoms with Gasteiger partial charge in [0.05, 0.1) is 10.7 Å². The van der Waals surface area contributed by atoms with Gasteiger partial charge in [-0.05, 0) is 13.3 Å². The predicted molar refractivity (Wildman–Crippen MR) is 61.2 cm³/mol. The molecule has 3 N–H and O–H groups in total. The maximum Gasteiger partial charge on any atom is 0.0897 e. The first-order chi connectivity index (χ1) is 6.76. The van der Waals surface area contributed by atoms with Crippen LogP contribution in [0.1, 0.15) is 36.9 Å². The molecular formula is C10H19N3S. The molecule has 0 saturated carbocycles. The van der Waals surface area contributed by atoms with Gasteiger partial charge in [0, 0.05) is 17.8 Å². The fourth-order valence-electron chi connectivity index (χ4n) is 1.45. The molecule has 0 aromatic carbocycles. The summed E-state index contributed by atoms with van der Waals surface area (Å²) in [5, 5.41) is 3.25. The van der Waals surface area contributed by atoms with Crippen LogP contribution in [-0.4, -0.2) is 11.0 Å². The highest BCUT2D eigenvalue weighted by atomic mass is 32.1. The number of nitrogens with one attached hydrogen (secondary N) is 1. The summed E-state index contributed by atoms with van der Waals surface area (Å²) in [6.45, 7) is 4.23. The monoisotopic (exact) mass is 213 g/mol. The van der Waals surface area contributed by atoms with E-state index in [9.17, 15) is 0 Å². The van der Waals surface area contributed by atoms with Gasteiger partial charge in [-0.25, -0.2) is 4.98 Å². The van der Waals surface area contributed by atoms with Crippen LogP contribution in [0, 0.1) is 6.92 Å². The van der Waals surface area contributed by atoms with E-state index in [0.29, 0.717) is 6.04 Å². The lowest BCUT2D eigenvalue weighted by Crippen LogP contribution is -2.36. The molecule has 1 aromatic rings. The van der Waals surface area contributed by atoms with Gasteiger partial charge in [-0.15, -0.1) is 11.3 Å². The Hall–Kier alpha value is -0.450. The Morgan fingerprint density at radius 2 is 2.43 bits per heavy atom. The van der Waals surface area contributed by atoms with Crippen LogP contribution < -0.4 is 11.3 Å². The topological polar surface area (TPSA) is 50.9 Å². The molecule has 0 spiro atoms. The van der Waals surface area contributed by atoms with Gasteiger partial charge >= 0.3 is 0 Å². The van der Waals surface area contributed by atoms with Crippen LogP contribution in [0.25, 0.3) is 0 Å². The van der Waals surface area contributed by atoms with Crippen LogP contribution in [0.3, 0.4) is 0 Å². The second-order valence-electron chi connectivity index (χ2n) is 3.57. The molecule has 0 radical (unpaired) electrons. The van der Waals surface area contributed by atoms with Crippen molar-refractivity contribution in [2.45, 2.75) is 45.6 Å². The Labute approximate surface area is 89.7 Å². The van der Waals surface area contributed by atoms with E-state index in [-0.39, 0.29) is 0 Å². The number of aryl methyl sites for hydroxylation is 1. The molecule has 0 bridgehead atoms. The van der Waals surface area contributed by atoms with Crippen molar-refractivity contribution in [3.05, 3.63) is 16.1 Å². The Balaban J connectivity index is 2.40. The summed E-state index contributed by atoms with van der Waals surface area (Å²) in [4.78, 5) is 4.43. The average Bonchev–Trinajstić information content (AvgIpc) is 2.58. The van der Waals surface area contributed by atoms with Gasteiger partial charge in [0.15, 0.2) is 0 Å². The van der Waals surface area contributed by atoms with E-state index in [0.717, 1.165) is 23.5 Å². The van der Waals surface area contributed by atoms with Crippen molar-refractivity contribution in [3.63, 3.8) is 0 Å². The summed E-state index contributed by atoms with van der Waals surface area (Å²) in [5.74, 6) is 5.49. The van der Waals surface area contributed by atoms with E-state index in [2.05, 4.69) is 22.7 Å². The van der Waals surface area contributed by atoms with Gasteiger partial charge in [0.1, 0.15) is 0 Å². The van der Waals surface area contributed by atoms with Crippen LogP contribution in [0.15, 0.2) is 5.38 Å². The molecule has 1 aromatic heterocycles. The van der Waals surface area contributed by atoms with Crippen molar-refractivity contribution in [1.82, 2.24) is 10.4 Å². The van der Waals surface area contributed by atoms with E-state index in [1.165, 1.54) is 12.8 Å². The number of hydrazine groups is 1. The second-order valence-corrected chi connectivity index (χ2v) is 4.63. The van der Waals surface area contributed by atoms with Crippen LogP contribution in [0.2, 0.25) is 0 Å². The van der Waals surface area contributed by atoms with Gasteiger partial charge in [0.25, 0.3) is 0 Å². The Morgan fingerprint density at radius 1 is 1.64 bits per heavy atom. The van der Waals surface area contributed by atoms with E-state index in [1.807, 2.05) is 6.92 Å². The van der Waals surface area contributed by atoms with Crippen molar-refractivity contribution < 1.29 is 0 Å². The minimum atomic E-state index is 0.372. The number of nitrogens with zero attached hydrogens (tertiary/aromatic N) is 1. The summed E-state index contributed by atoms with van der Waals surface area (Å²) in [6, 6.07) is 0.372. The van der Waals surface area contributed by atoms with Crippen LogP contribution >= 0.6 is 11.3 Å². The standard InChI is InChI=1S/C10H19N3S/c1-3-4-5-9(13-11)6-10-7-14-8(2)12-10/h7,9,13H,3-6,11H2,1-2H3. The summed E-state index contributed by atoms with van der Waals surface area (Å²) in [7, 11) is 0. The summed E-state index contributed by atoms with van der Waals surface area (Å²) < 4.78 is 0. The highest BCUT2D eigenvalue weighted by Gasteiger charge is 2.08. The van der Waals surface area contributed by atoms with Crippen molar-refractivity contribution >= 4 is 11.3 Å². The molecule has 0 aliphatic heterocycles. The van der Waals surface area contributed by atoms with Gasteiger partial charge < -0.3 is 0 Å². The fourth-order valence-corrected chi connectivity index (χ4v) is 2.07. The predicted octanol–water partition coefficient (Wildman–Crippen LogP) is 2.02. The van der Waals surface area contributed by atoms with Gasteiger partial charge in [0.2, 0.25) is 0 Å². The molecule has 1 atom stereocenters. The molecule has 1 unspecified atom stereocenters. The quantitative estimate of drug-likeness (QED) is 0.561. The molecule has 0 aliphatic rings. The fraction of sp³-hybridized carbons (Fsp3) is 0.700. The Morgan fingerprint density at radius 3 is 2.93 bits per heavy atom. The van der Waals surface area contributed by atoms with Crippen LogP contribution in [0.5, 0.6) is 0 Å². The third-order valence-electron chi connectivity index (χ3n) is 2.26. The zero-order valence-corrected chi connectivity index (χ0v) is 9.73. The number of rotatable bonds is 6. The molecule has 0 amide bonds. The van der Waals surface area contributed by atoms with E-state index in [4.69, 9.17) is 5.84 Å². The third-order valence-corrected chi connectivity index (χ3v) is 3.09. The van der Waals surface area contributed by atoms with Crippen LogP contribution in [0.4, 0.5) is 0 Å². The molecule has 3 nitrogen and oxygen atoms in total. The largest absolute Gasteiger partial charge is 0.271 e. The maximum absolute atomic E-state index is 5.49. The highest BCUT2D eigenvalue weighted by molar-refractivity contribution is 7.09. The van der Waals surface area contributed by atoms with E-state index < -0.39 is 0 Å². The smallest absolute Gasteiger partial charge is 0.0897 e. The SMILES string of the molecule is CCCCC(Cc1csc(C)n1)NN. The molecule has 14 heavy (non-hydrogen) atoms. The van der Waals surface area contributed by atoms with Gasteiger partial charge in [-0.1, -0.05) is 19.8 Å². The highest BCUT2D eigenvalue weighted by Crippen LogP contribution is 2.12. The number of hydrogen-bond acceptors (Lipinski definition) is 4. The van der Waals surface area contributed by atoms with E-state index >= 15 is 0 Å². The third kappa shape index (κ3) is 3.74. The number of thiazole rings is 1. The maximum atomic E-state index is 5.49. The molecule has 1 heterocycles. The summed E-state index contributed by atoms with van der Waals surface area (Å²) in [5.41, 5.74) is 4.02. The first kappa shape index (κ1) is 11.6. The number of aromatic nitrogens is 1. The number of unbranched alkanes of at least 4 members (excludes halogenated alkanes) is 1. The van der Waals surface area contributed by atoms with Crippen molar-refractivity contribution in [2.24, 2.45) is 5.84 Å². The van der Waals surface area contributed by atoms with Crippen LogP contribution in [-0.2, 0) is 6.42 Å². The average molecular weight is 213 g/mol. The Bertz CT molecular complexity index is 260. The number of nitrogens with two attached hydrogens (primary N) is 1. The van der Waals surface area contributed by atoms with Crippen molar-refractivity contribution in [3.8, 4) is 0 Å². The van der Waals surface area contributed by atoms with E-state index in [1.54, 1.807) is 11.3 Å². The van der Waals surface area contributed by atoms with Gasteiger partial charge in [-0.2, -0.15) is 0 Å². The molecule has 4 heteroatoms. The van der Waals surface area contributed by atoms with Crippen molar-refractivity contribution in [2.75, 3.05) is 0 Å². The zero-order valence-electron chi connectivity index (χ0n) is 8.92. The molecule has 1 rings (SSSR count). The zero-order chi connectivity index (χ0) is 10.4. The molecule has 80 valence electrons. The van der Waals surface area contributed by atoms with Gasteiger partial charge in [-0.3, -0.25) is 11.3 Å².